The Morgan fingerprint density at radius 1 is 1.13 bits per heavy atom. The number of phenolic OH excluding ortho intramolecular Hbond substituents is 1. The van der Waals surface area contributed by atoms with Crippen molar-refractivity contribution in [1.29, 1.82) is 0 Å². The number of primary amides is 1. The van der Waals surface area contributed by atoms with Gasteiger partial charge in [-0.05, 0) is 57.2 Å². The number of aromatic hydroxyl groups is 1. The first-order chi connectivity index (χ1) is 18.0. The number of amides is 2. The zero-order valence-corrected chi connectivity index (χ0v) is 22.5. The zero-order chi connectivity index (χ0) is 29.2. The molecule has 3 aliphatic carbocycles. The third-order valence-corrected chi connectivity index (χ3v) is 7.80. The maximum Gasteiger partial charge on any atom is 0.244 e. The summed E-state index contributed by atoms with van der Waals surface area (Å²) in [6.07, 6.45) is 2.38. The molecule has 0 spiro atoms. The van der Waals surface area contributed by atoms with E-state index in [9.17, 15) is 39.0 Å². The molecule has 0 radical (unpaired) electrons. The molecule has 0 heterocycles. The molecule has 2 amide bonds. The lowest BCUT2D eigenvalue weighted by Crippen LogP contribution is -2.68. The molecule has 1 aromatic rings. The van der Waals surface area contributed by atoms with Gasteiger partial charge in [-0.25, -0.2) is 0 Å². The molecule has 2 fully saturated rings. The van der Waals surface area contributed by atoms with Crippen LogP contribution in [0.15, 0.2) is 12.1 Å². The lowest BCUT2D eigenvalue weighted by Gasteiger charge is -2.48. The number of carbonyl (C=O) groups is 6. The van der Waals surface area contributed by atoms with Gasteiger partial charge < -0.3 is 26.2 Å². The van der Waals surface area contributed by atoms with Gasteiger partial charge in [0.2, 0.25) is 11.8 Å². The molecule has 208 valence electrons. The number of phenols is 1. The molecule has 0 bridgehead atoms. The molecule has 4 rings (SSSR count). The number of fused-ring (bicyclic) bond motifs is 3. The Morgan fingerprint density at radius 2 is 1.77 bits per heavy atom. The van der Waals surface area contributed by atoms with Crippen LogP contribution in [0.4, 0.5) is 5.69 Å². The van der Waals surface area contributed by atoms with E-state index in [1.165, 1.54) is 12.2 Å². The predicted molar refractivity (Wildman–Crippen MR) is 140 cm³/mol. The Balaban J connectivity index is 1.79. The summed E-state index contributed by atoms with van der Waals surface area (Å²) in [6, 6.07) is 1.63. The van der Waals surface area contributed by atoms with Crippen molar-refractivity contribution >= 4 is 46.7 Å². The van der Waals surface area contributed by atoms with Crippen molar-refractivity contribution in [3.63, 3.8) is 0 Å². The Kier molecular flexibility index (Phi) is 6.79. The average molecular weight is 540 g/mol. The fraction of sp³-hybridized carbons (Fsp3) is 0.500. The molecule has 0 saturated heterocycles. The fourth-order valence-corrected chi connectivity index (χ4v) is 6.14. The quantitative estimate of drug-likeness (QED) is 0.309. The van der Waals surface area contributed by atoms with Crippen molar-refractivity contribution < 1.29 is 39.0 Å². The molecular weight excluding hydrogens is 506 g/mol. The van der Waals surface area contributed by atoms with E-state index in [-0.39, 0.29) is 24.0 Å². The molecule has 39 heavy (non-hydrogen) atoms. The zero-order valence-electron chi connectivity index (χ0n) is 22.5. The molecule has 2 saturated carbocycles. The van der Waals surface area contributed by atoms with E-state index >= 15 is 0 Å². The van der Waals surface area contributed by atoms with Crippen molar-refractivity contribution in [3.8, 4) is 5.75 Å². The normalized spacial score (nSPS) is 28.6. The highest BCUT2D eigenvalue weighted by molar-refractivity contribution is 6.31. The number of hydrogen-bond acceptors (Lipinski definition) is 9. The van der Waals surface area contributed by atoms with Gasteiger partial charge in [-0.2, -0.15) is 0 Å². The van der Waals surface area contributed by atoms with Gasteiger partial charge in [-0.3, -0.25) is 28.8 Å². The van der Waals surface area contributed by atoms with Crippen LogP contribution in [0, 0.1) is 23.7 Å². The number of ketones is 4. The van der Waals surface area contributed by atoms with Crippen LogP contribution in [0.25, 0.3) is 6.08 Å². The van der Waals surface area contributed by atoms with Gasteiger partial charge >= 0.3 is 0 Å². The van der Waals surface area contributed by atoms with Crippen LogP contribution in [-0.2, 0) is 30.4 Å². The van der Waals surface area contributed by atoms with Crippen molar-refractivity contribution in [1.82, 2.24) is 5.32 Å². The smallest absolute Gasteiger partial charge is 0.244 e. The second-order valence-corrected chi connectivity index (χ2v) is 11.9. The lowest BCUT2D eigenvalue weighted by atomic mass is 9.53. The van der Waals surface area contributed by atoms with Crippen LogP contribution >= 0.6 is 0 Å². The van der Waals surface area contributed by atoms with Crippen molar-refractivity contribution in [2.24, 2.45) is 29.4 Å². The summed E-state index contributed by atoms with van der Waals surface area (Å²) in [5.74, 6) is -11.1. The van der Waals surface area contributed by atoms with Gasteiger partial charge in [0.15, 0.2) is 34.7 Å². The molecule has 0 aromatic heterocycles. The molecule has 0 aliphatic heterocycles. The topological polar surface area (TPSA) is 184 Å². The van der Waals surface area contributed by atoms with Crippen LogP contribution < -0.4 is 16.0 Å². The van der Waals surface area contributed by atoms with Gasteiger partial charge in [0.1, 0.15) is 5.75 Å². The first-order valence-corrected chi connectivity index (χ1v) is 12.7. The van der Waals surface area contributed by atoms with E-state index in [1.54, 1.807) is 25.1 Å². The maximum absolute atomic E-state index is 13.9. The molecule has 11 heteroatoms. The van der Waals surface area contributed by atoms with Crippen LogP contribution in [0.2, 0.25) is 0 Å². The fourth-order valence-electron chi connectivity index (χ4n) is 6.14. The number of Topliss-reactive ketones (excluding diaryl/α,β-unsaturated/α-hetero) is 4. The van der Waals surface area contributed by atoms with Gasteiger partial charge in [0, 0.05) is 49.3 Å². The van der Waals surface area contributed by atoms with Crippen LogP contribution in [0.1, 0.15) is 55.1 Å². The third-order valence-electron chi connectivity index (χ3n) is 7.80. The minimum Gasteiger partial charge on any atom is -0.507 e. The molecule has 5 N–H and O–H groups in total. The van der Waals surface area contributed by atoms with E-state index in [0.717, 1.165) is 0 Å². The second-order valence-electron chi connectivity index (χ2n) is 11.9. The number of anilines is 1. The van der Waals surface area contributed by atoms with Gasteiger partial charge in [-0.15, -0.1) is 0 Å². The highest BCUT2D eigenvalue weighted by atomic mass is 16.3. The van der Waals surface area contributed by atoms with E-state index in [2.05, 4.69) is 5.32 Å². The van der Waals surface area contributed by atoms with Gasteiger partial charge in [0.25, 0.3) is 0 Å². The summed E-state index contributed by atoms with van der Waals surface area (Å²) in [7, 11) is 3.49. The lowest BCUT2D eigenvalue weighted by molar-refractivity contribution is -0.175. The second kappa shape index (κ2) is 9.41. The van der Waals surface area contributed by atoms with E-state index in [0.29, 0.717) is 11.3 Å². The molecular formula is C28H33N3O8. The largest absolute Gasteiger partial charge is 0.507 e. The SMILES string of the molecule is CN(C)c1cc(C=CC(=O)NC(C)(C)C)c(O)c2c1C[C@H]1C[C@H]3CC(=O)C(C(N)=O)C(=O)[C@@]3(O)C(=O)C1C2=O. The number of nitrogens with two attached hydrogens (primary N) is 1. The Morgan fingerprint density at radius 3 is 2.33 bits per heavy atom. The molecule has 2 unspecified atom stereocenters. The number of carbonyl (C=O) groups excluding carboxylic acids is 6. The Hall–Kier alpha value is -3.86. The number of hydrogen-bond donors (Lipinski definition) is 4. The Labute approximate surface area is 225 Å². The number of benzene rings is 1. The summed E-state index contributed by atoms with van der Waals surface area (Å²) in [5, 5.41) is 25.3. The van der Waals surface area contributed by atoms with E-state index in [4.69, 9.17) is 5.73 Å². The van der Waals surface area contributed by atoms with Crippen LogP contribution in [-0.4, -0.2) is 70.4 Å². The number of nitrogens with one attached hydrogen (secondary N) is 1. The van der Waals surface area contributed by atoms with Crippen molar-refractivity contribution in [2.75, 3.05) is 19.0 Å². The third kappa shape index (κ3) is 4.54. The summed E-state index contributed by atoms with van der Waals surface area (Å²) in [5.41, 5.74) is 3.14. The number of nitrogens with zero attached hydrogens (tertiary/aromatic N) is 1. The van der Waals surface area contributed by atoms with Crippen LogP contribution in [0.3, 0.4) is 0 Å². The van der Waals surface area contributed by atoms with E-state index < -0.39 is 81.9 Å². The minimum absolute atomic E-state index is 0.0172. The highest BCUT2D eigenvalue weighted by Crippen LogP contribution is 2.51. The molecule has 11 nitrogen and oxygen atoms in total. The van der Waals surface area contributed by atoms with Crippen molar-refractivity contribution in [2.45, 2.75) is 51.2 Å². The van der Waals surface area contributed by atoms with E-state index in [1.807, 2.05) is 20.8 Å². The Bertz CT molecular complexity index is 1360. The summed E-state index contributed by atoms with van der Waals surface area (Å²) in [6.45, 7) is 5.44. The molecule has 1 aromatic carbocycles. The summed E-state index contributed by atoms with van der Waals surface area (Å²) in [4.78, 5) is 79.0. The highest BCUT2D eigenvalue weighted by Gasteiger charge is 2.66. The standard InChI is InChI=1S/C28H33N3O8/c1-27(2,3)30-18(33)7-6-12-10-16(31(4)5)15-9-13-8-14-11-17(32)21(26(29)38)25(37)28(14,39)24(36)19(13)23(35)20(15)22(12)34/h6-7,10,13-14,19,21,34,39H,8-9,11H2,1-5H3,(H2,29,38)(H,30,33)/t13-,14+,19?,21?,28+/m1/s1. The number of rotatable bonds is 4. The predicted octanol–water partition coefficient (Wildman–Crippen LogP) is 0.321. The monoisotopic (exact) mass is 539 g/mol. The first-order valence-electron chi connectivity index (χ1n) is 12.7. The summed E-state index contributed by atoms with van der Waals surface area (Å²) >= 11 is 0. The van der Waals surface area contributed by atoms with Gasteiger partial charge in [0.05, 0.1) is 11.5 Å². The van der Waals surface area contributed by atoms with Crippen molar-refractivity contribution in [3.05, 3.63) is 28.8 Å². The summed E-state index contributed by atoms with van der Waals surface area (Å²) < 4.78 is 0. The average Bonchev–Trinajstić information content (AvgIpc) is 2.79. The molecule has 5 atom stereocenters. The number of aliphatic hydroxyl groups is 1. The minimum atomic E-state index is -2.70. The molecule has 3 aliphatic rings. The van der Waals surface area contributed by atoms with Crippen LogP contribution in [0.5, 0.6) is 5.75 Å². The maximum atomic E-state index is 13.9. The van der Waals surface area contributed by atoms with Gasteiger partial charge in [-0.1, -0.05) is 0 Å². The first kappa shape index (κ1) is 28.2.